The summed E-state index contributed by atoms with van der Waals surface area (Å²) in [6.45, 7) is 11.9. The van der Waals surface area contributed by atoms with E-state index < -0.39 is 0 Å². The van der Waals surface area contributed by atoms with E-state index in [4.69, 9.17) is 16.3 Å². The Balaban J connectivity index is 1.69. The maximum absolute atomic E-state index is 13.8. The van der Waals surface area contributed by atoms with Crippen molar-refractivity contribution in [3.8, 4) is 0 Å². The summed E-state index contributed by atoms with van der Waals surface area (Å²) in [5.41, 5.74) is 2.51. The van der Waals surface area contributed by atoms with Crippen LogP contribution in [0.2, 0.25) is 5.02 Å². The van der Waals surface area contributed by atoms with E-state index in [2.05, 4.69) is 26.1 Å². The normalized spacial score (nSPS) is 23.2. The lowest BCUT2D eigenvalue weighted by atomic mass is 9.72. The van der Waals surface area contributed by atoms with E-state index in [0.717, 1.165) is 24.8 Å². The second-order valence-electron chi connectivity index (χ2n) is 10.4. The molecule has 5 nitrogen and oxygen atoms in total. The van der Waals surface area contributed by atoms with Gasteiger partial charge in [0.25, 0.3) is 11.8 Å². The van der Waals surface area contributed by atoms with E-state index in [0.29, 0.717) is 40.2 Å². The quantitative estimate of drug-likeness (QED) is 0.571. The van der Waals surface area contributed by atoms with Crippen molar-refractivity contribution >= 4 is 39.8 Å². The first kappa shape index (κ1) is 24.2. The fraction of sp³-hybridized carbons (Fsp3) is 0.538. The van der Waals surface area contributed by atoms with E-state index in [-0.39, 0.29) is 29.4 Å². The number of rotatable bonds is 3. The van der Waals surface area contributed by atoms with Crippen LogP contribution in [-0.4, -0.2) is 42.0 Å². The number of benzene rings is 1. The van der Waals surface area contributed by atoms with Crippen molar-refractivity contribution in [2.75, 3.05) is 18.4 Å². The molecule has 1 N–H and O–H groups in total. The van der Waals surface area contributed by atoms with Crippen LogP contribution >= 0.6 is 22.9 Å². The minimum absolute atomic E-state index is 0.00452. The molecule has 1 aliphatic heterocycles. The van der Waals surface area contributed by atoms with Gasteiger partial charge in [0.05, 0.1) is 17.8 Å². The Hall–Kier alpha value is -1.89. The molecule has 0 radical (unpaired) electrons. The van der Waals surface area contributed by atoms with Crippen LogP contribution in [0.25, 0.3) is 0 Å². The maximum atomic E-state index is 13.8. The van der Waals surface area contributed by atoms with Crippen LogP contribution in [0.3, 0.4) is 0 Å². The van der Waals surface area contributed by atoms with Crippen LogP contribution in [0.5, 0.6) is 0 Å². The molecule has 7 heteroatoms. The highest BCUT2D eigenvalue weighted by Gasteiger charge is 2.36. The molecule has 3 atom stereocenters. The summed E-state index contributed by atoms with van der Waals surface area (Å²) in [6, 6.07) is 6.81. The van der Waals surface area contributed by atoms with Gasteiger partial charge in [-0.2, -0.15) is 0 Å². The first-order chi connectivity index (χ1) is 15.5. The van der Waals surface area contributed by atoms with E-state index in [1.54, 1.807) is 35.6 Å². The standard InChI is InChI=1S/C26H33ClN2O3S/c1-15-13-29(14-16(2)32-15)25(31)22-20-11-8-18(26(3,4)5)12-21(20)33-24(22)28-23(30)17-6-9-19(27)10-7-17/h6-7,9-10,15-16,18H,8,11-14H2,1-5H3,(H,28,30)/t15-,16+,18-/m1/s1. The molecule has 0 unspecified atom stereocenters. The fourth-order valence-electron chi connectivity index (χ4n) is 4.92. The first-order valence-electron chi connectivity index (χ1n) is 11.7. The largest absolute Gasteiger partial charge is 0.372 e. The third-order valence-electron chi connectivity index (χ3n) is 6.74. The summed E-state index contributed by atoms with van der Waals surface area (Å²) < 4.78 is 5.84. The lowest BCUT2D eigenvalue weighted by Gasteiger charge is -2.36. The van der Waals surface area contributed by atoms with E-state index in [1.807, 2.05) is 18.7 Å². The summed E-state index contributed by atoms with van der Waals surface area (Å²) in [7, 11) is 0. The van der Waals surface area contributed by atoms with Crippen molar-refractivity contribution < 1.29 is 14.3 Å². The number of carbonyl (C=O) groups is 2. The molecule has 1 aliphatic carbocycles. The molecule has 178 valence electrons. The van der Waals surface area contributed by atoms with Gasteiger partial charge >= 0.3 is 0 Å². The number of thiophene rings is 1. The second-order valence-corrected chi connectivity index (χ2v) is 12.0. The Morgan fingerprint density at radius 1 is 1.12 bits per heavy atom. The Morgan fingerprint density at radius 3 is 2.36 bits per heavy atom. The Bertz CT molecular complexity index is 1030. The highest BCUT2D eigenvalue weighted by molar-refractivity contribution is 7.17. The van der Waals surface area contributed by atoms with Crippen LogP contribution < -0.4 is 5.32 Å². The number of fused-ring (bicyclic) bond motifs is 1. The predicted octanol–water partition coefficient (Wildman–Crippen LogP) is 6.05. The van der Waals surface area contributed by atoms with E-state index >= 15 is 0 Å². The number of ether oxygens (including phenoxy) is 1. The van der Waals surface area contributed by atoms with E-state index in [1.165, 1.54) is 4.88 Å². The lowest BCUT2D eigenvalue weighted by molar-refractivity contribution is -0.0586. The molecule has 2 heterocycles. The number of carbonyl (C=O) groups excluding carboxylic acids is 2. The third-order valence-corrected chi connectivity index (χ3v) is 8.17. The smallest absolute Gasteiger partial charge is 0.257 e. The topological polar surface area (TPSA) is 58.6 Å². The van der Waals surface area contributed by atoms with Crippen molar-refractivity contribution in [3.05, 3.63) is 50.9 Å². The summed E-state index contributed by atoms with van der Waals surface area (Å²) in [5.74, 6) is 0.320. The van der Waals surface area contributed by atoms with Gasteiger partial charge in [0.1, 0.15) is 5.00 Å². The number of hydrogen-bond donors (Lipinski definition) is 1. The summed E-state index contributed by atoms with van der Waals surface area (Å²) in [6.07, 6.45) is 2.83. The molecule has 0 spiro atoms. The van der Waals surface area contributed by atoms with Crippen molar-refractivity contribution in [2.45, 2.75) is 66.1 Å². The molecule has 1 aromatic carbocycles. The third kappa shape index (κ3) is 5.28. The average Bonchev–Trinajstić information content (AvgIpc) is 3.09. The minimum atomic E-state index is -0.226. The van der Waals surface area contributed by atoms with Gasteiger partial charge in [0, 0.05) is 28.6 Å². The highest BCUT2D eigenvalue weighted by Crippen LogP contribution is 2.45. The molecule has 1 aromatic heterocycles. The summed E-state index contributed by atoms with van der Waals surface area (Å²) >= 11 is 7.55. The fourth-order valence-corrected chi connectivity index (χ4v) is 6.36. The second kappa shape index (κ2) is 9.40. The van der Waals surface area contributed by atoms with Crippen LogP contribution in [0, 0.1) is 11.3 Å². The molecule has 1 fully saturated rings. The van der Waals surface area contributed by atoms with Crippen LogP contribution in [0.1, 0.15) is 72.2 Å². The number of nitrogens with one attached hydrogen (secondary N) is 1. The number of anilines is 1. The SMILES string of the molecule is C[C@@H]1CN(C(=O)c2c(NC(=O)c3ccc(Cl)cc3)sc3c2CC[C@@H](C(C)(C)C)C3)C[C@H](C)O1. The highest BCUT2D eigenvalue weighted by atomic mass is 35.5. The molecular weight excluding hydrogens is 456 g/mol. The number of halogens is 1. The predicted molar refractivity (Wildman–Crippen MR) is 135 cm³/mol. The minimum Gasteiger partial charge on any atom is -0.372 e. The van der Waals surface area contributed by atoms with Gasteiger partial charge in [0.15, 0.2) is 0 Å². The number of amides is 2. The Labute approximate surface area is 205 Å². The van der Waals surface area contributed by atoms with Crippen LogP contribution in [0.15, 0.2) is 24.3 Å². The van der Waals surface area contributed by atoms with Crippen molar-refractivity contribution in [1.82, 2.24) is 4.90 Å². The van der Waals surface area contributed by atoms with Gasteiger partial charge in [-0.3, -0.25) is 9.59 Å². The molecule has 2 aromatic rings. The van der Waals surface area contributed by atoms with Crippen molar-refractivity contribution in [2.24, 2.45) is 11.3 Å². The summed E-state index contributed by atoms with van der Waals surface area (Å²) in [5, 5.41) is 4.30. The van der Waals surface area contributed by atoms with Gasteiger partial charge in [-0.05, 0) is 74.3 Å². The van der Waals surface area contributed by atoms with Crippen molar-refractivity contribution in [3.63, 3.8) is 0 Å². The Kier molecular flexibility index (Phi) is 6.90. The van der Waals surface area contributed by atoms with Crippen molar-refractivity contribution in [1.29, 1.82) is 0 Å². The van der Waals surface area contributed by atoms with Crippen LogP contribution in [-0.2, 0) is 17.6 Å². The number of nitrogens with zero attached hydrogens (tertiary/aromatic N) is 1. The zero-order valence-corrected chi connectivity index (χ0v) is 21.6. The lowest BCUT2D eigenvalue weighted by Crippen LogP contribution is -2.48. The average molecular weight is 489 g/mol. The zero-order chi connectivity index (χ0) is 23.9. The van der Waals surface area contributed by atoms with Crippen LogP contribution in [0.4, 0.5) is 5.00 Å². The molecule has 33 heavy (non-hydrogen) atoms. The monoisotopic (exact) mass is 488 g/mol. The number of hydrogen-bond acceptors (Lipinski definition) is 4. The molecule has 0 bridgehead atoms. The number of morpholine rings is 1. The molecule has 1 saturated heterocycles. The maximum Gasteiger partial charge on any atom is 0.257 e. The van der Waals surface area contributed by atoms with Gasteiger partial charge in [-0.25, -0.2) is 0 Å². The van der Waals surface area contributed by atoms with E-state index in [9.17, 15) is 9.59 Å². The Morgan fingerprint density at radius 2 is 1.76 bits per heavy atom. The van der Waals surface area contributed by atoms with Gasteiger partial charge < -0.3 is 15.0 Å². The van der Waals surface area contributed by atoms with Gasteiger partial charge in [-0.1, -0.05) is 32.4 Å². The molecular formula is C26H33ClN2O3S. The zero-order valence-electron chi connectivity index (χ0n) is 20.0. The van der Waals surface area contributed by atoms with Gasteiger partial charge in [0.2, 0.25) is 0 Å². The molecule has 2 amide bonds. The first-order valence-corrected chi connectivity index (χ1v) is 12.9. The molecule has 4 rings (SSSR count). The van der Waals surface area contributed by atoms with Gasteiger partial charge in [-0.15, -0.1) is 11.3 Å². The molecule has 0 saturated carbocycles. The molecule has 2 aliphatic rings. The summed E-state index contributed by atoms with van der Waals surface area (Å²) in [4.78, 5) is 29.9.